The number of amides is 1. The minimum absolute atomic E-state index is 0.141. The molecule has 1 aromatic heterocycles. The number of carbonyl (C=O) groups is 1. The highest BCUT2D eigenvalue weighted by molar-refractivity contribution is 7.99. The Morgan fingerprint density at radius 1 is 1.23 bits per heavy atom. The molecule has 1 N–H and O–H groups in total. The first-order valence-electron chi connectivity index (χ1n) is 9.52. The van der Waals surface area contributed by atoms with Gasteiger partial charge in [-0.15, -0.1) is 11.8 Å². The highest BCUT2D eigenvalue weighted by Gasteiger charge is 2.16. The van der Waals surface area contributed by atoms with Gasteiger partial charge in [0.15, 0.2) is 0 Å². The molecule has 140 valence electrons. The molecule has 5 heteroatoms. The van der Waals surface area contributed by atoms with E-state index >= 15 is 0 Å². The summed E-state index contributed by atoms with van der Waals surface area (Å²) in [5.41, 5.74) is 3.11. The molecule has 26 heavy (non-hydrogen) atoms. The van der Waals surface area contributed by atoms with Crippen molar-refractivity contribution in [3.8, 4) is 11.5 Å². The van der Waals surface area contributed by atoms with Gasteiger partial charge in [0, 0.05) is 17.4 Å². The summed E-state index contributed by atoms with van der Waals surface area (Å²) in [4.78, 5) is 16.8. The lowest BCUT2D eigenvalue weighted by molar-refractivity contribution is -0.119. The van der Waals surface area contributed by atoms with Gasteiger partial charge in [0.1, 0.15) is 5.76 Å². The zero-order valence-corrected chi connectivity index (χ0v) is 16.5. The van der Waals surface area contributed by atoms with Crippen molar-refractivity contribution in [3.63, 3.8) is 0 Å². The second kappa shape index (κ2) is 9.26. The number of aromatic nitrogens is 1. The van der Waals surface area contributed by atoms with Crippen LogP contribution in [0.15, 0.2) is 28.7 Å². The zero-order chi connectivity index (χ0) is 18.4. The first-order chi connectivity index (χ1) is 12.6. The van der Waals surface area contributed by atoms with Crippen molar-refractivity contribution in [2.45, 2.75) is 64.2 Å². The van der Waals surface area contributed by atoms with Crippen LogP contribution in [0.1, 0.15) is 55.5 Å². The minimum atomic E-state index is 0.141. The second-order valence-electron chi connectivity index (χ2n) is 7.14. The van der Waals surface area contributed by atoms with E-state index in [1.807, 2.05) is 19.1 Å². The molecule has 1 amide bonds. The van der Waals surface area contributed by atoms with Crippen molar-refractivity contribution in [3.05, 3.63) is 41.3 Å². The standard InChI is InChI=1S/C21H28N2O2S/c1-15-8-7-9-17(12-15)21-23-19(16(2)25-21)13-26-14-20(24)22-18-10-5-3-4-6-11-18/h7-9,12,18H,3-6,10-11,13-14H2,1-2H3,(H,22,24). The maximum Gasteiger partial charge on any atom is 0.230 e. The first-order valence-corrected chi connectivity index (χ1v) is 10.7. The number of aryl methyl sites for hydroxylation is 2. The lowest BCUT2D eigenvalue weighted by atomic mass is 10.1. The molecule has 1 aliphatic carbocycles. The number of oxazole rings is 1. The molecule has 1 heterocycles. The Balaban J connectivity index is 1.49. The molecule has 0 saturated heterocycles. The molecule has 0 bridgehead atoms. The van der Waals surface area contributed by atoms with E-state index in [4.69, 9.17) is 4.42 Å². The van der Waals surface area contributed by atoms with Crippen molar-refractivity contribution in [1.29, 1.82) is 0 Å². The quantitative estimate of drug-likeness (QED) is 0.723. The van der Waals surface area contributed by atoms with Gasteiger partial charge < -0.3 is 9.73 Å². The van der Waals surface area contributed by atoms with Crippen LogP contribution in [0.25, 0.3) is 11.5 Å². The summed E-state index contributed by atoms with van der Waals surface area (Å²) in [5, 5.41) is 3.19. The Morgan fingerprint density at radius 2 is 2.00 bits per heavy atom. The topological polar surface area (TPSA) is 55.1 Å². The molecule has 4 nitrogen and oxygen atoms in total. The second-order valence-corrected chi connectivity index (χ2v) is 8.13. The molecule has 0 radical (unpaired) electrons. The molecule has 2 aromatic rings. The lowest BCUT2D eigenvalue weighted by Crippen LogP contribution is -2.35. The predicted molar refractivity (Wildman–Crippen MR) is 107 cm³/mol. The maximum absolute atomic E-state index is 12.2. The van der Waals surface area contributed by atoms with Crippen LogP contribution in [0.3, 0.4) is 0 Å². The summed E-state index contributed by atoms with van der Waals surface area (Å²) in [7, 11) is 0. The smallest absolute Gasteiger partial charge is 0.230 e. The summed E-state index contributed by atoms with van der Waals surface area (Å²) in [6, 6.07) is 8.52. The predicted octanol–water partition coefficient (Wildman–Crippen LogP) is 5.03. The average Bonchev–Trinajstić information content (AvgIpc) is 2.81. The van der Waals surface area contributed by atoms with Crippen LogP contribution in [0.4, 0.5) is 0 Å². The number of nitrogens with zero attached hydrogens (tertiary/aromatic N) is 1. The number of benzene rings is 1. The molecule has 1 fully saturated rings. The fourth-order valence-electron chi connectivity index (χ4n) is 3.40. The maximum atomic E-state index is 12.2. The Morgan fingerprint density at radius 3 is 2.73 bits per heavy atom. The van der Waals surface area contributed by atoms with Gasteiger partial charge in [-0.25, -0.2) is 4.98 Å². The highest BCUT2D eigenvalue weighted by atomic mass is 32.2. The number of hydrogen-bond acceptors (Lipinski definition) is 4. The third kappa shape index (κ3) is 5.37. The highest BCUT2D eigenvalue weighted by Crippen LogP contribution is 2.25. The molecular weight excluding hydrogens is 344 g/mol. The van der Waals surface area contributed by atoms with Crippen LogP contribution < -0.4 is 5.32 Å². The van der Waals surface area contributed by atoms with E-state index in [9.17, 15) is 4.79 Å². The first kappa shape index (κ1) is 19.0. The summed E-state index contributed by atoms with van der Waals surface area (Å²) >= 11 is 1.60. The SMILES string of the molecule is Cc1cccc(-c2nc(CSCC(=O)NC3CCCCCC3)c(C)o2)c1. The van der Waals surface area contributed by atoms with Crippen molar-refractivity contribution >= 4 is 17.7 Å². The van der Waals surface area contributed by atoms with Crippen molar-refractivity contribution in [2.75, 3.05) is 5.75 Å². The summed E-state index contributed by atoms with van der Waals surface area (Å²) in [5.74, 6) is 2.80. The van der Waals surface area contributed by atoms with Crippen molar-refractivity contribution in [1.82, 2.24) is 10.3 Å². The third-order valence-corrected chi connectivity index (χ3v) is 5.79. The van der Waals surface area contributed by atoms with E-state index in [-0.39, 0.29) is 5.91 Å². The van der Waals surface area contributed by atoms with Gasteiger partial charge in [-0.2, -0.15) is 0 Å². The van der Waals surface area contributed by atoms with E-state index in [0.717, 1.165) is 29.9 Å². The van der Waals surface area contributed by atoms with E-state index in [1.165, 1.54) is 31.2 Å². The van der Waals surface area contributed by atoms with Gasteiger partial charge in [0.25, 0.3) is 0 Å². The molecule has 0 unspecified atom stereocenters. The fourth-order valence-corrected chi connectivity index (χ4v) is 4.23. The Kier molecular flexibility index (Phi) is 6.78. The van der Waals surface area contributed by atoms with Crippen molar-refractivity contribution in [2.24, 2.45) is 0 Å². The van der Waals surface area contributed by atoms with Crippen molar-refractivity contribution < 1.29 is 9.21 Å². The number of hydrogen-bond donors (Lipinski definition) is 1. The monoisotopic (exact) mass is 372 g/mol. The van der Waals surface area contributed by atoms with Crippen LogP contribution in [-0.2, 0) is 10.5 Å². The Bertz CT molecular complexity index is 733. The van der Waals surface area contributed by atoms with Crippen LogP contribution in [-0.4, -0.2) is 22.7 Å². The van der Waals surface area contributed by atoms with Crippen LogP contribution in [0.5, 0.6) is 0 Å². The van der Waals surface area contributed by atoms with Gasteiger partial charge in [-0.1, -0.05) is 43.4 Å². The normalized spacial score (nSPS) is 15.6. The largest absolute Gasteiger partial charge is 0.441 e. The Labute approximate surface area is 160 Å². The summed E-state index contributed by atoms with van der Waals surface area (Å²) in [6.45, 7) is 4.00. The number of thioether (sulfide) groups is 1. The minimum Gasteiger partial charge on any atom is -0.441 e. The van der Waals surface area contributed by atoms with E-state index in [2.05, 4.69) is 29.4 Å². The molecule has 1 saturated carbocycles. The number of rotatable bonds is 6. The average molecular weight is 373 g/mol. The molecule has 1 aliphatic rings. The van der Waals surface area contributed by atoms with Crippen LogP contribution >= 0.6 is 11.8 Å². The van der Waals surface area contributed by atoms with E-state index in [1.54, 1.807) is 11.8 Å². The lowest BCUT2D eigenvalue weighted by Gasteiger charge is -2.15. The number of nitrogens with one attached hydrogen (secondary N) is 1. The number of carbonyl (C=O) groups excluding carboxylic acids is 1. The van der Waals surface area contributed by atoms with Crippen LogP contribution in [0.2, 0.25) is 0 Å². The molecule has 0 spiro atoms. The van der Waals surface area contributed by atoms with Crippen LogP contribution in [0, 0.1) is 13.8 Å². The van der Waals surface area contributed by atoms with E-state index in [0.29, 0.717) is 23.4 Å². The van der Waals surface area contributed by atoms with Gasteiger partial charge in [-0.05, 0) is 38.8 Å². The van der Waals surface area contributed by atoms with Gasteiger partial charge in [-0.3, -0.25) is 4.79 Å². The molecule has 0 aliphatic heterocycles. The third-order valence-electron chi connectivity index (χ3n) is 4.85. The Hall–Kier alpha value is -1.75. The fraction of sp³-hybridized carbons (Fsp3) is 0.524. The molecule has 0 atom stereocenters. The summed E-state index contributed by atoms with van der Waals surface area (Å²) in [6.07, 6.45) is 7.32. The van der Waals surface area contributed by atoms with Gasteiger partial charge in [0.2, 0.25) is 11.8 Å². The molecular formula is C21H28N2O2S. The molecule has 3 rings (SSSR count). The molecule has 1 aromatic carbocycles. The van der Waals surface area contributed by atoms with E-state index < -0.39 is 0 Å². The summed E-state index contributed by atoms with van der Waals surface area (Å²) < 4.78 is 5.82. The van der Waals surface area contributed by atoms with Gasteiger partial charge in [0.05, 0.1) is 11.4 Å². The zero-order valence-electron chi connectivity index (χ0n) is 15.7. The van der Waals surface area contributed by atoms with Gasteiger partial charge >= 0.3 is 0 Å².